The molecule has 146 valence electrons. The number of amides is 1. The Morgan fingerprint density at radius 1 is 1.11 bits per heavy atom. The summed E-state index contributed by atoms with van der Waals surface area (Å²) in [6.45, 7) is 7.72. The molecule has 27 heavy (non-hydrogen) atoms. The summed E-state index contributed by atoms with van der Waals surface area (Å²) in [6, 6.07) is 7.59. The molecule has 1 aromatic rings. The van der Waals surface area contributed by atoms with E-state index < -0.39 is 11.7 Å². The monoisotopic (exact) mass is 371 g/mol. The number of ether oxygens (including phenoxy) is 1. The van der Waals surface area contributed by atoms with Crippen LogP contribution in [-0.2, 0) is 16.0 Å². The number of benzene rings is 1. The first-order chi connectivity index (χ1) is 12.7. The van der Waals surface area contributed by atoms with E-state index in [0.29, 0.717) is 31.4 Å². The van der Waals surface area contributed by atoms with Crippen molar-refractivity contribution in [3.05, 3.63) is 46.5 Å². The van der Waals surface area contributed by atoms with Crippen molar-refractivity contribution >= 4 is 17.7 Å². The van der Waals surface area contributed by atoms with E-state index in [-0.39, 0.29) is 11.6 Å². The van der Waals surface area contributed by atoms with Crippen LogP contribution in [0.3, 0.4) is 0 Å². The molecular weight excluding hydrogens is 342 g/mol. The van der Waals surface area contributed by atoms with Crippen LogP contribution in [0.1, 0.15) is 69.3 Å². The maximum Gasteiger partial charge on any atom is 0.407 e. The maximum absolute atomic E-state index is 12.3. The molecule has 0 fully saturated rings. The lowest BCUT2D eigenvalue weighted by atomic mass is 9.99. The fourth-order valence-electron chi connectivity index (χ4n) is 3.01. The largest absolute Gasteiger partial charge is 0.444 e. The van der Waals surface area contributed by atoms with Crippen molar-refractivity contribution in [2.45, 2.75) is 65.4 Å². The molecule has 0 aliphatic heterocycles. The minimum absolute atomic E-state index is 0.0546. The van der Waals surface area contributed by atoms with Crippen LogP contribution >= 0.6 is 0 Å². The number of allylic oxidation sites excluding steroid dienone is 2. The highest BCUT2D eigenvalue weighted by Crippen LogP contribution is 2.26. The summed E-state index contributed by atoms with van der Waals surface area (Å²) in [4.78, 5) is 35.4. The zero-order valence-corrected chi connectivity index (χ0v) is 16.7. The van der Waals surface area contributed by atoms with Crippen molar-refractivity contribution in [2.75, 3.05) is 6.54 Å². The van der Waals surface area contributed by atoms with Crippen LogP contribution in [0.2, 0.25) is 0 Å². The van der Waals surface area contributed by atoms with Crippen LogP contribution in [0, 0.1) is 0 Å². The minimum Gasteiger partial charge on any atom is -0.444 e. The Labute approximate surface area is 161 Å². The number of hydrogen-bond donors (Lipinski definition) is 1. The van der Waals surface area contributed by atoms with E-state index in [0.717, 1.165) is 24.0 Å². The second kappa shape index (κ2) is 8.98. The fraction of sp³-hybridized carbons (Fsp3) is 0.500. The summed E-state index contributed by atoms with van der Waals surface area (Å²) in [5.74, 6) is 0.302. The smallest absolute Gasteiger partial charge is 0.407 e. The zero-order valence-electron chi connectivity index (χ0n) is 16.7. The summed E-state index contributed by atoms with van der Waals surface area (Å²) < 4.78 is 5.15. The number of alkyl carbamates (subject to hydrolysis) is 1. The Bertz CT molecular complexity index is 739. The molecular formula is C22H29NO4. The Morgan fingerprint density at radius 3 is 2.33 bits per heavy atom. The maximum atomic E-state index is 12.3. The molecule has 5 nitrogen and oxygen atoms in total. The molecule has 2 rings (SSSR count). The third-order valence-corrected chi connectivity index (χ3v) is 4.54. The normalized spacial score (nSPS) is 14.4. The van der Waals surface area contributed by atoms with Crippen LogP contribution in [0.15, 0.2) is 35.4 Å². The van der Waals surface area contributed by atoms with Gasteiger partial charge in [0.25, 0.3) is 0 Å². The molecule has 1 amide bonds. The van der Waals surface area contributed by atoms with Crippen LogP contribution < -0.4 is 5.32 Å². The van der Waals surface area contributed by atoms with Gasteiger partial charge >= 0.3 is 6.09 Å². The van der Waals surface area contributed by atoms with Gasteiger partial charge in [-0.05, 0) is 58.1 Å². The molecule has 0 aromatic heterocycles. The van der Waals surface area contributed by atoms with Crippen molar-refractivity contribution in [3.63, 3.8) is 0 Å². The summed E-state index contributed by atoms with van der Waals surface area (Å²) in [5, 5.41) is 2.66. The molecule has 1 aliphatic rings. The highest BCUT2D eigenvalue weighted by atomic mass is 16.6. The van der Waals surface area contributed by atoms with Gasteiger partial charge in [-0.15, -0.1) is 0 Å². The molecule has 0 atom stereocenters. The molecule has 0 spiro atoms. The highest BCUT2D eigenvalue weighted by Gasteiger charge is 2.19. The van der Waals surface area contributed by atoms with Crippen molar-refractivity contribution in [3.8, 4) is 0 Å². The lowest BCUT2D eigenvalue weighted by Crippen LogP contribution is -2.33. The first-order valence-electron chi connectivity index (χ1n) is 9.46. The SMILES string of the molecule is CC1=C(Cc2ccc(C(=O)CCCNC(=O)OC(C)(C)C)cc2)CCC1=O. The molecule has 5 heteroatoms. The first kappa shape index (κ1) is 20.9. The summed E-state index contributed by atoms with van der Waals surface area (Å²) in [6.07, 6.45) is 2.70. The predicted octanol–water partition coefficient (Wildman–Crippen LogP) is 4.40. The van der Waals surface area contributed by atoms with Gasteiger partial charge in [-0.1, -0.05) is 29.8 Å². The standard InChI is InChI=1S/C22H29NO4/c1-15-18(11-12-19(15)24)14-16-7-9-17(10-8-16)20(25)6-5-13-23-21(26)27-22(2,3)4/h7-10H,5-6,11-14H2,1-4H3,(H,23,26). The van der Waals surface area contributed by atoms with Gasteiger partial charge in [-0.2, -0.15) is 0 Å². The first-order valence-corrected chi connectivity index (χ1v) is 9.46. The molecule has 1 aliphatic carbocycles. The second-order valence-electron chi connectivity index (χ2n) is 7.98. The number of carbonyl (C=O) groups is 3. The molecule has 0 heterocycles. The Balaban J connectivity index is 1.77. The molecule has 0 saturated carbocycles. The van der Waals surface area contributed by atoms with Crippen LogP contribution in [0.4, 0.5) is 4.79 Å². The third-order valence-electron chi connectivity index (χ3n) is 4.54. The molecule has 1 N–H and O–H groups in total. The predicted molar refractivity (Wildman–Crippen MR) is 105 cm³/mol. The molecule has 1 aromatic carbocycles. The molecule has 0 radical (unpaired) electrons. The third kappa shape index (κ3) is 6.66. The number of ketones is 2. The van der Waals surface area contributed by atoms with E-state index in [9.17, 15) is 14.4 Å². The Kier molecular flexibility index (Phi) is 6.94. The second-order valence-corrected chi connectivity index (χ2v) is 7.98. The number of rotatable bonds is 7. The Morgan fingerprint density at radius 2 is 1.78 bits per heavy atom. The molecule has 0 saturated heterocycles. The van der Waals surface area contributed by atoms with E-state index >= 15 is 0 Å². The van der Waals surface area contributed by atoms with E-state index in [1.54, 1.807) is 0 Å². The summed E-state index contributed by atoms with van der Waals surface area (Å²) >= 11 is 0. The number of hydrogen-bond acceptors (Lipinski definition) is 4. The van der Waals surface area contributed by atoms with Crippen molar-refractivity contribution in [1.29, 1.82) is 0 Å². The minimum atomic E-state index is -0.526. The van der Waals surface area contributed by atoms with E-state index in [1.807, 2.05) is 52.0 Å². The van der Waals surface area contributed by atoms with Crippen molar-refractivity contribution in [2.24, 2.45) is 0 Å². The van der Waals surface area contributed by atoms with Crippen molar-refractivity contribution in [1.82, 2.24) is 5.32 Å². The van der Waals surface area contributed by atoms with E-state index in [1.165, 1.54) is 5.57 Å². The number of nitrogens with one attached hydrogen (secondary N) is 1. The Hall–Kier alpha value is -2.43. The molecule has 0 unspecified atom stereocenters. The topological polar surface area (TPSA) is 72.5 Å². The summed E-state index contributed by atoms with van der Waals surface area (Å²) in [7, 11) is 0. The van der Waals surface area contributed by atoms with Crippen LogP contribution in [0.5, 0.6) is 0 Å². The van der Waals surface area contributed by atoms with Gasteiger partial charge in [0.2, 0.25) is 0 Å². The van der Waals surface area contributed by atoms with Crippen molar-refractivity contribution < 1.29 is 19.1 Å². The van der Waals surface area contributed by atoms with Gasteiger partial charge in [0, 0.05) is 24.9 Å². The highest BCUT2D eigenvalue weighted by molar-refractivity contribution is 5.98. The van der Waals surface area contributed by atoms with Gasteiger partial charge in [0.15, 0.2) is 11.6 Å². The van der Waals surface area contributed by atoms with Crippen LogP contribution in [-0.4, -0.2) is 29.8 Å². The van der Waals surface area contributed by atoms with Gasteiger partial charge in [0.1, 0.15) is 5.60 Å². The van der Waals surface area contributed by atoms with E-state index in [4.69, 9.17) is 4.74 Å². The van der Waals surface area contributed by atoms with Gasteiger partial charge < -0.3 is 10.1 Å². The van der Waals surface area contributed by atoms with Gasteiger partial charge in [-0.3, -0.25) is 9.59 Å². The number of Topliss-reactive ketones (excluding diaryl/α,β-unsaturated/α-hetero) is 2. The summed E-state index contributed by atoms with van der Waals surface area (Å²) in [5.41, 5.74) is 3.36. The van der Waals surface area contributed by atoms with E-state index in [2.05, 4.69) is 5.32 Å². The lowest BCUT2D eigenvalue weighted by Gasteiger charge is -2.19. The van der Waals surface area contributed by atoms with Crippen LogP contribution in [0.25, 0.3) is 0 Å². The number of carbonyl (C=O) groups excluding carboxylic acids is 3. The zero-order chi connectivity index (χ0) is 20.0. The quantitative estimate of drug-likeness (QED) is 0.570. The molecule has 0 bridgehead atoms. The van der Waals surface area contributed by atoms with Gasteiger partial charge in [-0.25, -0.2) is 4.79 Å². The fourth-order valence-corrected chi connectivity index (χ4v) is 3.01. The van der Waals surface area contributed by atoms with Gasteiger partial charge in [0.05, 0.1) is 0 Å². The lowest BCUT2D eigenvalue weighted by molar-refractivity contribution is -0.114. The average Bonchev–Trinajstić information content (AvgIpc) is 2.90. The average molecular weight is 371 g/mol.